The van der Waals surface area contributed by atoms with Gasteiger partial charge in [-0.1, -0.05) is 69.9 Å². The third-order valence-electron chi connectivity index (χ3n) is 5.18. The maximum atomic E-state index is 13.1. The number of thiocarbonyl (C=S) groups is 1. The fourth-order valence-corrected chi connectivity index (χ4v) is 4.83. The van der Waals surface area contributed by atoms with E-state index >= 15 is 0 Å². The van der Waals surface area contributed by atoms with Gasteiger partial charge in [0.2, 0.25) is 0 Å². The van der Waals surface area contributed by atoms with Crippen molar-refractivity contribution < 1.29 is 9.53 Å². The van der Waals surface area contributed by atoms with E-state index in [1.165, 1.54) is 11.8 Å². The van der Waals surface area contributed by atoms with E-state index in [4.69, 9.17) is 22.1 Å². The summed E-state index contributed by atoms with van der Waals surface area (Å²) in [6.45, 7) is 9.71. The predicted octanol–water partition coefficient (Wildman–Crippen LogP) is 6.43. The fourth-order valence-electron chi connectivity index (χ4n) is 3.57. The third kappa shape index (κ3) is 5.59. The van der Waals surface area contributed by atoms with Crippen molar-refractivity contribution in [2.75, 3.05) is 13.2 Å². The molecule has 0 bridgehead atoms. The molecule has 0 N–H and O–H groups in total. The Labute approximate surface area is 210 Å². The zero-order valence-corrected chi connectivity index (χ0v) is 21.5. The van der Waals surface area contributed by atoms with E-state index < -0.39 is 0 Å². The molecule has 5 nitrogen and oxygen atoms in total. The van der Waals surface area contributed by atoms with E-state index in [0.717, 1.165) is 28.3 Å². The minimum atomic E-state index is -0.0421. The minimum absolute atomic E-state index is 0.0421. The number of ether oxygens (including phenoxy) is 1. The van der Waals surface area contributed by atoms with Crippen molar-refractivity contribution >= 4 is 40.3 Å². The zero-order valence-electron chi connectivity index (χ0n) is 19.9. The third-order valence-corrected chi connectivity index (χ3v) is 6.56. The smallest absolute Gasteiger partial charge is 0.266 e. The molecule has 2 aromatic carbocycles. The van der Waals surface area contributed by atoms with Crippen LogP contribution in [0.5, 0.6) is 5.75 Å². The van der Waals surface area contributed by atoms with E-state index in [1.807, 2.05) is 71.6 Å². The van der Waals surface area contributed by atoms with E-state index in [1.54, 1.807) is 4.90 Å². The van der Waals surface area contributed by atoms with Crippen molar-refractivity contribution in [3.05, 3.63) is 71.3 Å². The molecule has 176 valence electrons. The van der Waals surface area contributed by atoms with E-state index in [0.29, 0.717) is 34.2 Å². The van der Waals surface area contributed by atoms with Gasteiger partial charge >= 0.3 is 0 Å². The van der Waals surface area contributed by atoms with Gasteiger partial charge in [0.1, 0.15) is 10.1 Å². The highest BCUT2D eigenvalue weighted by molar-refractivity contribution is 8.26. The van der Waals surface area contributed by atoms with Crippen LogP contribution >= 0.6 is 24.0 Å². The number of amides is 1. The first-order valence-corrected chi connectivity index (χ1v) is 12.7. The van der Waals surface area contributed by atoms with Crippen molar-refractivity contribution in [1.29, 1.82) is 0 Å². The zero-order chi connectivity index (χ0) is 24.2. The van der Waals surface area contributed by atoms with Crippen molar-refractivity contribution in [2.45, 2.75) is 27.7 Å². The number of thioether (sulfide) groups is 1. The van der Waals surface area contributed by atoms with Gasteiger partial charge in [-0.3, -0.25) is 9.69 Å². The maximum Gasteiger partial charge on any atom is 0.266 e. The summed E-state index contributed by atoms with van der Waals surface area (Å²) in [5.41, 5.74) is 3.57. The highest BCUT2D eigenvalue weighted by Gasteiger charge is 2.32. The lowest BCUT2D eigenvalue weighted by Crippen LogP contribution is -2.31. The number of carbonyl (C=O) groups excluding carboxylic acids is 1. The molecule has 7 heteroatoms. The maximum absolute atomic E-state index is 13.1. The molecule has 1 aromatic heterocycles. The second kappa shape index (κ2) is 10.6. The number of hydrogen-bond acceptors (Lipinski definition) is 5. The summed E-state index contributed by atoms with van der Waals surface area (Å²) in [5.74, 6) is 1.59. The Kier molecular flexibility index (Phi) is 7.54. The van der Waals surface area contributed by atoms with Crippen molar-refractivity contribution in [1.82, 2.24) is 14.7 Å². The Hall–Kier alpha value is -2.90. The molecule has 34 heavy (non-hydrogen) atoms. The summed E-state index contributed by atoms with van der Waals surface area (Å²) in [7, 11) is 0. The van der Waals surface area contributed by atoms with Gasteiger partial charge in [0.25, 0.3) is 5.91 Å². The molecule has 1 aliphatic rings. The molecule has 1 amide bonds. The van der Waals surface area contributed by atoms with Crippen LogP contribution in [0.2, 0.25) is 0 Å². The number of hydrogen-bond donors (Lipinski definition) is 0. The molecule has 2 heterocycles. The summed E-state index contributed by atoms with van der Waals surface area (Å²) in [6.07, 6.45) is 3.87. The van der Waals surface area contributed by atoms with Crippen LogP contribution in [0.3, 0.4) is 0 Å². The first-order valence-electron chi connectivity index (χ1n) is 11.5. The minimum Gasteiger partial charge on any atom is -0.493 e. The van der Waals surface area contributed by atoms with Crippen molar-refractivity contribution in [3.8, 4) is 22.7 Å². The summed E-state index contributed by atoms with van der Waals surface area (Å²) < 4.78 is 8.29. The lowest BCUT2D eigenvalue weighted by atomic mass is 10.1. The number of carbonyl (C=O) groups is 1. The molecule has 0 aliphatic carbocycles. The van der Waals surface area contributed by atoms with Gasteiger partial charge in [-0.05, 0) is 54.3 Å². The topological polar surface area (TPSA) is 47.4 Å². The number of para-hydroxylation sites is 1. The number of aromatic nitrogens is 2. The second-order valence-corrected chi connectivity index (χ2v) is 10.8. The Bertz CT molecular complexity index is 1200. The van der Waals surface area contributed by atoms with Gasteiger partial charge in [0, 0.05) is 23.9 Å². The Morgan fingerprint density at radius 1 is 1.03 bits per heavy atom. The average Bonchev–Trinajstić information content (AvgIpc) is 3.35. The number of rotatable bonds is 8. The van der Waals surface area contributed by atoms with Gasteiger partial charge < -0.3 is 4.74 Å². The molecule has 3 aromatic rings. The molecular weight excluding hydrogens is 462 g/mol. The van der Waals surface area contributed by atoms with Crippen LogP contribution in [-0.2, 0) is 4.79 Å². The van der Waals surface area contributed by atoms with Crippen LogP contribution in [0.4, 0.5) is 0 Å². The SMILES string of the molecule is CC(C)COc1ccc(-c2nn(-c3ccccc3)cc2/C=C2/SC(=S)N(CC(C)C)C2=O)cc1. The van der Waals surface area contributed by atoms with E-state index in [2.05, 4.69) is 27.7 Å². The normalized spacial score (nSPS) is 15.2. The van der Waals surface area contributed by atoms with Crippen LogP contribution in [0, 0.1) is 11.8 Å². The van der Waals surface area contributed by atoms with Crippen molar-refractivity contribution in [3.63, 3.8) is 0 Å². The number of nitrogens with zero attached hydrogens (tertiary/aromatic N) is 3. The monoisotopic (exact) mass is 491 g/mol. The van der Waals surface area contributed by atoms with Crippen LogP contribution in [0.1, 0.15) is 33.3 Å². The highest BCUT2D eigenvalue weighted by Crippen LogP contribution is 2.35. The summed E-state index contributed by atoms with van der Waals surface area (Å²) in [6, 6.07) is 17.9. The standard InChI is InChI=1S/C27H29N3O2S2/c1-18(2)15-29-26(31)24(34-27(29)33)14-21-16-30(22-8-6-5-7-9-22)28-25(21)20-10-12-23(13-11-20)32-17-19(3)4/h5-14,16,18-19H,15,17H2,1-4H3/b24-14+. The van der Waals surface area contributed by atoms with Crippen molar-refractivity contribution in [2.24, 2.45) is 11.8 Å². The molecule has 1 fully saturated rings. The largest absolute Gasteiger partial charge is 0.493 e. The van der Waals surface area contributed by atoms with Gasteiger partial charge in [0.15, 0.2) is 0 Å². The summed E-state index contributed by atoms with van der Waals surface area (Å²) in [4.78, 5) is 15.4. The molecule has 4 rings (SSSR count). The molecule has 0 saturated carbocycles. The summed E-state index contributed by atoms with van der Waals surface area (Å²) >= 11 is 6.84. The Morgan fingerprint density at radius 2 is 1.74 bits per heavy atom. The molecule has 1 aliphatic heterocycles. The van der Waals surface area contributed by atoms with Gasteiger partial charge in [-0.15, -0.1) is 0 Å². The quantitative estimate of drug-likeness (QED) is 0.268. The molecule has 1 saturated heterocycles. The summed E-state index contributed by atoms with van der Waals surface area (Å²) in [5, 5.41) is 4.87. The van der Waals surface area contributed by atoms with Gasteiger partial charge in [-0.2, -0.15) is 5.10 Å². The molecule has 0 unspecified atom stereocenters. The highest BCUT2D eigenvalue weighted by atomic mass is 32.2. The fraction of sp³-hybridized carbons (Fsp3) is 0.296. The molecule has 0 radical (unpaired) electrons. The van der Waals surface area contributed by atoms with Gasteiger partial charge in [-0.25, -0.2) is 4.68 Å². The van der Waals surface area contributed by atoms with Crippen LogP contribution < -0.4 is 4.74 Å². The lowest BCUT2D eigenvalue weighted by Gasteiger charge is -2.16. The Balaban J connectivity index is 1.71. The number of benzene rings is 2. The van der Waals surface area contributed by atoms with Crippen LogP contribution in [0.15, 0.2) is 65.7 Å². The molecule has 0 atom stereocenters. The predicted molar refractivity (Wildman–Crippen MR) is 144 cm³/mol. The lowest BCUT2D eigenvalue weighted by molar-refractivity contribution is -0.122. The molecule has 0 spiro atoms. The molecular formula is C27H29N3O2S2. The van der Waals surface area contributed by atoms with Crippen LogP contribution in [0.25, 0.3) is 23.0 Å². The van der Waals surface area contributed by atoms with Gasteiger partial charge in [0.05, 0.1) is 22.9 Å². The van der Waals surface area contributed by atoms with E-state index in [-0.39, 0.29) is 5.91 Å². The first kappa shape index (κ1) is 24.2. The first-order chi connectivity index (χ1) is 16.3. The Morgan fingerprint density at radius 3 is 2.38 bits per heavy atom. The van der Waals surface area contributed by atoms with E-state index in [9.17, 15) is 4.79 Å². The van der Waals surface area contributed by atoms with Crippen LogP contribution in [-0.4, -0.2) is 38.1 Å². The second-order valence-electron chi connectivity index (χ2n) is 9.13. The average molecular weight is 492 g/mol.